The maximum absolute atomic E-state index is 14.5. The Hall–Kier alpha value is -6.28. The van der Waals surface area contributed by atoms with Crippen molar-refractivity contribution in [2.45, 2.75) is 13.1 Å². The van der Waals surface area contributed by atoms with Crippen LogP contribution in [0.2, 0.25) is 0 Å². The number of aliphatic carboxylic acids is 2. The minimum Gasteiger partial charge on any atom is -0.481 e. The van der Waals surface area contributed by atoms with Crippen LogP contribution in [0.15, 0.2) is 158 Å². The highest BCUT2D eigenvalue weighted by atomic mass is 16.4. The predicted molar refractivity (Wildman–Crippen MR) is 202 cm³/mol. The first kappa shape index (κ1) is 37.0. The Kier molecular flexibility index (Phi) is 13.3. The number of benzene rings is 4. The topological polar surface area (TPSA) is 115 Å². The molecule has 52 heavy (non-hydrogen) atoms. The minimum atomic E-state index is -1.57. The van der Waals surface area contributed by atoms with Gasteiger partial charge in [-0.05, 0) is 22.3 Å². The van der Waals surface area contributed by atoms with Crippen LogP contribution in [-0.4, -0.2) is 56.9 Å². The summed E-state index contributed by atoms with van der Waals surface area (Å²) in [7, 11) is 0. The van der Waals surface area contributed by atoms with E-state index in [4.69, 9.17) is 0 Å². The highest BCUT2D eigenvalue weighted by Crippen LogP contribution is 2.49. The maximum Gasteiger partial charge on any atom is 0.308 e. The van der Waals surface area contributed by atoms with Crippen molar-refractivity contribution in [1.29, 1.82) is 0 Å². The van der Waals surface area contributed by atoms with Crippen molar-refractivity contribution in [2.75, 3.05) is 13.1 Å². The smallest absolute Gasteiger partial charge is 0.308 e. The third-order valence-electron chi connectivity index (χ3n) is 9.07. The van der Waals surface area contributed by atoms with E-state index in [1.165, 1.54) is 9.80 Å². The highest BCUT2D eigenvalue weighted by Gasteiger charge is 2.64. The Labute approximate surface area is 304 Å². The monoisotopic (exact) mass is 694 g/mol. The van der Waals surface area contributed by atoms with Crippen molar-refractivity contribution < 1.29 is 29.4 Å². The van der Waals surface area contributed by atoms with Gasteiger partial charge < -0.3 is 20.0 Å². The molecule has 1 aliphatic carbocycles. The molecule has 0 saturated heterocycles. The van der Waals surface area contributed by atoms with Gasteiger partial charge in [-0.25, -0.2) is 0 Å². The van der Waals surface area contributed by atoms with Gasteiger partial charge in [0.15, 0.2) is 0 Å². The number of rotatable bonds is 16. The second-order valence-corrected chi connectivity index (χ2v) is 12.6. The average Bonchev–Trinajstić information content (AvgIpc) is 3.14. The Balaban J connectivity index is 1.43. The molecule has 0 unspecified atom stereocenters. The molecule has 0 aromatic heterocycles. The van der Waals surface area contributed by atoms with E-state index in [2.05, 4.69) is 0 Å². The molecule has 4 aromatic rings. The molecule has 5 rings (SSSR count). The van der Waals surface area contributed by atoms with Gasteiger partial charge in [-0.1, -0.05) is 170 Å². The Bertz CT molecular complexity index is 1760. The van der Waals surface area contributed by atoms with Crippen LogP contribution >= 0.6 is 0 Å². The summed E-state index contributed by atoms with van der Waals surface area (Å²) in [6.45, 7) is 0.549. The summed E-state index contributed by atoms with van der Waals surface area (Å²) < 4.78 is 0. The molecule has 8 heteroatoms. The van der Waals surface area contributed by atoms with Gasteiger partial charge in [-0.15, -0.1) is 0 Å². The van der Waals surface area contributed by atoms with E-state index in [0.29, 0.717) is 0 Å². The molecule has 2 amide bonds. The normalized spacial score (nSPS) is 18.5. The zero-order valence-corrected chi connectivity index (χ0v) is 28.7. The number of carboxylic acids is 2. The van der Waals surface area contributed by atoms with Gasteiger partial charge in [0.2, 0.25) is 11.8 Å². The lowest BCUT2D eigenvalue weighted by molar-refractivity contribution is -0.187. The number of allylic oxidation sites excluding steroid dienone is 4. The third-order valence-corrected chi connectivity index (χ3v) is 9.07. The Morgan fingerprint density at radius 2 is 0.788 bits per heavy atom. The summed E-state index contributed by atoms with van der Waals surface area (Å²) in [4.78, 5) is 57.1. The molecule has 8 nitrogen and oxygen atoms in total. The first-order valence-corrected chi connectivity index (χ1v) is 17.2. The number of hydrogen-bond acceptors (Lipinski definition) is 4. The van der Waals surface area contributed by atoms with Gasteiger partial charge >= 0.3 is 11.9 Å². The lowest BCUT2D eigenvalue weighted by Crippen LogP contribution is -2.64. The molecule has 0 heterocycles. The van der Waals surface area contributed by atoms with Gasteiger partial charge in [0.1, 0.15) is 0 Å². The summed E-state index contributed by atoms with van der Waals surface area (Å²) in [5, 5.41) is 20.5. The number of amides is 2. The van der Waals surface area contributed by atoms with E-state index in [0.717, 1.165) is 22.3 Å². The fraction of sp³-hybridized carbons (Fsp3) is 0.182. The Morgan fingerprint density at radius 1 is 0.462 bits per heavy atom. The van der Waals surface area contributed by atoms with Crippen molar-refractivity contribution in [3.63, 3.8) is 0 Å². The number of carbonyl (C=O) groups excluding carboxylic acids is 2. The van der Waals surface area contributed by atoms with Crippen LogP contribution in [0.4, 0.5) is 0 Å². The lowest BCUT2D eigenvalue weighted by Gasteiger charge is -2.48. The number of carbonyl (C=O) groups is 4. The summed E-state index contributed by atoms with van der Waals surface area (Å²) >= 11 is 0. The lowest BCUT2D eigenvalue weighted by atomic mass is 9.55. The van der Waals surface area contributed by atoms with Crippen LogP contribution in [0.5, 0.6) is 0 Å². The zero-order valence-electron chi connectivity index (χ0n) is 28.7. The fourth-order valence-corrected chi connectivity index (χ4v) is 6.47. The van der Waals surface area contributed by atoms with E-state index in [9.17, 15) is 29.4 Å². The molecule has 0 aliphatic heterocycles. The van der Waals surface area contributed by atoms with Gasteiger partial charge in [0, 0.05) is 26.2 Å². The van der Waals surface area contributed by atoms with Gasteiger partial charge in [-0.2, -0.15) is 0 Å². The molecule has 4 aromatic carbocycles. The fourth-order valence-electron chi connectivity index (χ4n) is 6.47. The van der Waals surface area contributed by atoms with E-state index in [-0.39, 0.29) is 26.2 Å². The summed E-state index contributed by atoms with van der Waals surface area (Å²) in [5.41, 5.74) is 3.64. The molecule has 0 spiro atoms. The Morgan fingerprint density at radius 3 is 1.12 bits per heavy atom. The van der Waals surface area contributed by atoms with Crippen molar-refractivity contribution in [1.82, 2.24) is 9.80 Å². The first-order valence-electron chi connectivity index (χ1n) is 17.2. The SMILES string of the molecule is O=C(O)[C@H]1[C@H](C(=O)O)[C@H](C(=O)N(CC=CC=Cc2ccccc2)Cc2ccccc2)[C@H]1C(=O)N(CC=CC=Cc1ccccc1)Cc1ccccc1. The van der Waals surface area contributed by atoms with Crippen molar-refractivity contribution in [3.05, 3.63) is 180 Å². The third kappa shape index (κ3) is 9.91. The second kappa shape index (κ2) is 18.6. The number of nitrogens with zero attached hydrogens (tertiary/aromatic N) is 2. The van der Waals surface area contributed by atoms with Crippen LogP contribution in [0.25, 0.3) is 12.2 Å². The van der Waals surface area contributed by atoms with E-state index in [1.807, 2.05) is 146 Å². The zero-order chi connectivity index (χ0) is 36.7. The molecule has 4 atom stereocenters. The molecule has 1 saturated carbocycles. The predicted octanol–water partition coefficient (Wildman–Crippen LogP) is 7.23. The van der Waals surface area contributed by atoms with E-state index < -0.39 is 47.4 Å². The number of hydrogen-bond donors (Lipinski definition) is 2. The van der Waals surface area contributed by atoms with Crippen molar-refractivity contribution >= 4 is 35.9 Å². The molecule has 1 fully saturated rings. The van der Waals surface area contributed by atoms with Crippen LogP contribution < -0.4 is 0 Å². The van der Waals surface area contributed by atoms with Gasteiger partial charge in [0.25, 0.3) is 0 Å². The molecule has 264 valence electrons. The van der Waals surface area contributed by atoms with Crippen LogP contribution in [0.1, 0.15) is 22.3 Å². The van der Waals surface area contributed by atoms with Crippen LogP contribution in [-0.2, 0) is 32.3 Å². The van der Waals surface area contributed by atoms with Crippen LogP contribution in [0, 0.1) is 23.7 Å². The van der Waals surface area contributed by atoms with Crippen molar-refractivity contribution in [3.8, 4) is 0 Å². The standard InChI is InChI=1S/C44H42N2O6/c47-41(45(31-35-25-11-3-12-26-35)29-17-5-15-23-33-19-7-1-8-20-33)37-38(40(44(51)52)39(37)43(49)50)42(48)46(32-36-27-13-4-14-28-36)30-18-6-16-24-34-21-9-2-10-22-34/h1-28,37-40H,29-32H2,(H,49,50)(H,51,52)/t37-,38-,39-,40-/m1/s1. The molecule has 0 bridgehead atoms. The van der Waals surface area contributed by atoms with Crippen LogP contribution in [0.3, 0.4) is 0 Å². The maximum atomic E-state index is 14.5. The molecule has 0 radical (unpaired) electrons. The molecule has 2 N–H and O–H groups in total. The van der Waals surface area contributed by atoms with E-state index in [1.54, 1.807) is 24.3 Å². The summed E-state index contributed by atoms with van der Waals surface area (Å²) in [6.07, 6.45) is 14.7. The quantitative estimate of drug-likeness (QED) is 0.120. The molecular weight excluding hydrogens is 652 g/mol. The van der Waals surface area contributed by atoms with Gasteiger partial charge in [0.05, 0.1) is 23.7 Å². The largest absolute Gasteiger partial charge is 0.481 e. The van der Waals surface area contributed by atoms with Crippen molar-refractivity contribution in [2.24, 2.45) is 23.7 Å². The first-order chi connectivity index (χ1) is 25.3. The van der Waals surface area contributed by atoms with E-state index >= 15 is 0 Å². The number of carboxylic acid groups (broad SMARTS) is 2. The summed E-state index contributed by atoms with van der Waals surface area (Å²) in [5.74, 6) is -9.88. The minimum absolute atomic E-state index is 0.124. The second-order valence-electron chi connectivity index (χ2n) is 12.6. The van der Waals surface area contributed by atoms with Gasteiger partial charge in [-0.3, -0.25) is 19.2 Å². The molecular formula is C44H42N2O6. The average molecular weight is 695 g/mol. The summed E-state index contributed by atoms with van der Waals surface area (Å²) in [6, 6.07) is 38.0. The molecule has 1 aliphatic rings. The highest BCUT2D eigenvalue weighted by molar-refractivity contribution is 5.99.